The largest absolute Gasteiger partial charge is 0.416 e. The Morgan fingerprint density at radius 2 is 1.65 bits per heavy atom. The van der Waals surface area contributed by atoms with Crippen molar-refractivity contribution in [1.82, 2.24) is 9.80 Å². The Kier molecular flexibility index (Phi) is 6.03. The number of hydrogen-bond acceptors (Lipinski definition) is 2. The summed E-state index contributed by atoms with van der Waals surface area (Å²) in [6, 6.07) is 4.67. The van der Waals surface area contributed by atoms with Crippen molar-refractivity contribution in [3.8, 4) is 0 Å². The van der Waals surface area contributed by atoms with Crippen molar-refractivity contribution in [3.05, 3.63) is 34.9 Å². The standard InChI is InChI=1S/C17H24F4N2/c1-13(2)14-3-4-15(16(11-14)17(19,20)21)12-23-9-7-22(6-5-18)8-10-23/h3-4,11,13H,5-10,12H2,1-2H3. The molecular formula is C17H24F4N2. The highest BCUT2D eigenvalue weighted by atomic mass is 19.4. The fraction of sp³-hybridized carbons (Fsp3) is 0.647. The predicted molar refractivity (Wildman–Crippen MR) is 83.2 cm³/mol. The van der Waals surface area contributed by atoms with Gasteiger partial charge in [-0.1, -0.05) is 26.0 Å². The molecule has 0 saturated carbocycles. The van der Waals surface area contributed by atoms with Gasteiger partial charge in [0.2, 0.25) is 0 Å². The number of nitrogens with zero attached hydrogens (tertiary/aromatic N) is 2. The van der Waals surface area contributed by atoms with E-state index in [1.807, 2.05) is 23.6 Å². The van der Waals surface area contributed by atoms with E-state index in [9.17, 15) is 17.6 Å². The summed E-state index contributed by atoms with van der Waals surface area (Å²) in [7, 11) is 0. The van der Waals surface area contributed by atoms with E-state index >= 15 is 0 Å². The molecule has 1 aliphatic heterocycles. The highest BCUT2D eigenvalue weighted by Gasteiger charge is 2.34. The molecule has 0 atom stereocenters. The van der Waals surface area contributed by atoms with Crippen LogP contribution in [0.2, 0.25) is 0 Å². The van der Waals surface area contributed by atoms with Gasteiger partial charge in [0, 0.05) is 39.3 Å². The molecule has 1 aromatic rings. The van der Waals surface area contributed by atoms with Crippen LogP contribution in [-0.2, 0) is 12.7 Å². The van der Waals surface area contributed by atoms with E-state index in [2.05, 4.69) is 0 Å². The fourth-order valence-corrected chi connectivity index (χ4v) is 2.89. The first kappa shape index (κ1) is 18.2. The molecule has 0 aromatic heterocycles. The van der Waals surface area contributed by atoms with Crippen LogP contribution in [0, 0.1) is 0 Å². The molecule has 0 bridgehead atoms. The third-order valence-electron chi connectivity index (χ3n) is 4.37. The van der Waals surface area contributed by atoms with Crippen LogP contribution in [0.15, 0.2) is 18.2 Å². The molecule has 0 aliphatic carbocycles. The van der Waals surface area contributed by atoms with Gasteiger partial charge < -0.3 is 0 Å². The monoisotopic (exact) mass is 332 g/mol. The third kappa shape index (κ3) is 4.91. The molecule has 0 radical (unpaired) electrons. The quantitative estimate of drug-likeness (QED) is 0.754. The Morgan fingerprint density at radius 1 is 1.04 bits per heavy atom. The van der Waals surface area contributed by atoms with E-state index in [1.54, 1.807) is 12.1 Å². The van der Waals surface area contributed by atoms with Crippen LogP contribution in [0.5, 0.6) is 0 Å². The zero-order valence-electron chi connectivity index (χ0n) is 13.7. The second-order valence-electron chi connectivity index (χ2n) is 6.38. The average Bonchev–Trinajstić information content (AvgIpc) is 2.48. The maximum atomic E-state index is 13.3. The maximum Gasteiger partial charge on any atom is 0.416 e. The molecule has 0 unspecified atom stereocenters. The molecule has 1 aliphatic rings. The summed E-state index contributed by atoms with van der Waals surface area (Å²) in [6.45, 7) is 6.84. The van der Waals surface area contributed by atoms with Crippen molar-refractivity contribution in [2.75, 3.05) is 39.4 Å². The fourth-order valence-electron chi connectivity index (χ4n) is 2.89. The van der Waals surface area contributed by atoms with Gasteiger partial charge in [-0.25, -0.2) is 4.39 Å². The SMILES string of the molecule is CC(C)c1ccc(CN2CCN(CCF)CC2)c(C(F)(F)F)c1. The lowest BCUT2D eigenvalue weighted by Gasteiger charge is -2.34. The molecule has 0 amide bonds. The molecule has 1 fully saturated rings. The molecular weight excluding hydrogens is 308 g/mol. The Morgan fingerprint density at radius 3 is 2.17 bits per heavy atom. The number of hydrogen-bond donors (Lipinski definition) is 0. The lowest BCUT2D eigenvalue weighted by molar-refractivity contribution is -0.138. The van der Waals surface area contributed by atoms with Crippen LogP contribution in [-0.4, -0.2) is 49.2 Å². The van der Waals surface area contributed by atoms with Crippen LogP contribution < -0.4 is 0 Å². The number of benzene rings is 1. The second kappa shape index (κ2) is 7.62. The molecule has 23 heavy (non-hydrogen) atoms. The zero-order chi connectivity index (χ0) is 17.0. The van der Waals surface area contributed by atoms with Gasteiger partial charge in [0.15, 0.2) is 0 Å². The summed E-state index contributed by atoms with van der Waals surface area (Å²) < 4.78 is 52.3. The van der Waals surface area contributed by atoms with E-state index in [4.69, 9.17) is 0 Å². The first-order valence-electron chi connectivity index (χ1n) is 8.02. The zero-order valence-corrected chi connectivity index (χ0v) is 13.7. The number of halogens is 4. The Bertz CT molecular complexity index is 506. The lowest BCUT2D eigenvalue weighted by atomic mass is 9.96. The van der Waals surface area contributed by atoms with Gasteiger partial charge in [0.1, 0.15) is 6.67 Å². The van der Waals surface area contributed by atoms with Crippen LogP contribution >= 0.6 is 0 Å². The van der Waals surface area contributed by atoms with Crippen molar-refractivity contribution in [1.29, 1.82) is 0 Å². The molecule has 2 nitrogen and oxygen atoms in total. The van der Waals surface area contributed by atoms with Crippen molar-refractivity contribution in [2.45, 2.75) is 32.5 Å². The molecule has 0 spiro atoms. The number of alkyl halides is 4. The van der Waals surface area contributed by atoms with Crippen LogP contribution in [0.25, 0.3) is 0 Å². The Hall–Kier alpha value is -1.14. The van der Waals surface area contributed by atoms with Crippen molar-refractivity contribution in [2.24, 2.45) is 0 Å². The number of piperazine rings is 1. The minimum atomic E-state index is -4.34. The molecule has 1 saturated heterocycles. The molecule has 1 heterocycles. The van der Waals surface area contributed by atoms with E-state index in [-0.39, 0.29) is 19.1 Å². The van der Waals surface area contributed by atoms with Gasteiger partial charge in [0.25, 0.3) is 0 Å². The van der Waals surface area contributed by atoms with E-state index < -0.39 is 11.7 Å². The second-order valence-corrected chi connectivity index (χ2v) is 6.38. The lowest BCUT2D eigenvalue weighted by Crippen LogP contribution is -2.46. The normalized spacial score (nSPS) is 17.9. The van der Waals surface area contributed by atoms with Crippen molar-refractivity contribution < 1.29 is 17.6 Å². The highest BCUT2D eigenvalue weighted by Crippen LogP contribution is 2.34. The molecule has 130 valence electrons. The van der Waals surface area contributed by atoms with Crippen molar-refractivity contribution >= 4 is 0 Å². The maximum absolute atomic E-state index is 13.3. The highest BCUT2D eigenvalue weighted by molar-refractivity contribution is 5.35. The average molecular weight is 332 g/mol. The van der Waals surface area contributed by atoms with Gasteiger partial charge in [-0.3, -0.25) is 9.80 Å². The first-order valence-corrected chi connectivity index (χ1v) is 8.02. The predicted octanol–water partition coefficient (Wildman–Crippen LogP) is 3.92. The summed E-state index contributed by atoms with van der Waals surface area (Å²) in [5, 5.41) is 0. The van der Waals surface area contributed by atoms with Crippen LogP contribution in [0.3, 0.4) is 0 Å². The molecule has 2 rings (SSSR count). The minimum Gasteiger partial charge on any atom is -0.298 e. The van der Waals surface area contributed by atoms with Gasteiger partial charge in [0.05, 0.1) is 5.56 Å². The first-order chi connectivity index (χ1) is 10.8. The minimum absolute atomic E-state index is 0.0643. The Labute approximate surface area is 135 Å². The Balaban J connectivity index is 2.11. The summed E-state index contributed by atoms with van der Waals surface area (Å²) >= 11 is 0. The molecule has 6 heteroatoms. The van der Waals surface area contributed by atoms with E-state index in [1.165, 1.54) is 6.07 Å². The van der Waals surface area contributed by atoms with Gasteiger partial charge >= 0.3 is 6.18 Å². The smallest absolute Gasteiger partial charge is 0.298 e. The summed E-state index contributed by atoms with van der Waals surface area (Å²) in [5.74, 6) is 0.0643. The summed E-state index contributed by atoms with van der Waals surface area (Å²) in [6.07, 6.45) is -4.34. The van der Waals surface area contributed by atoms with Gasteiger partial charge in [-0.15, -0.1) is 0 Å². The van der Waals surface area contributed by atoms with E-state index in [0.717, 1.165) is 0 Å². The number of rotatable bonds is 5. The topological polar surface area (TPSA) is 6.48 Å². The summed E-state index contributed by atoms with van der Waals surface area (Å²) in [4.78, 5) is 4.01. The van der Waals surface area contributed by atoms with Crippen LogP contribution in [0.1, 0.15) is 36.5 Å². The third-order valence-corrected chi connectivity index (χ3v) is 4.37. The van der Waals surface area contributed by atoms with Crippen molar-refractivity contribution in [3.63, 3.8) is 0 Å². The molecule has 1 aromatic carbocycles. The van der Waals surface area contributed by atoms with E-state index in [0.29, 0.717) is 43.9 Å². The van der Waals surface area contributed by atoms with Gasteiger partial charge in [-0.2, -0.15) is 13.2 Å². The van der Waals surface area contributed by atoms with Gasteiger partial charge in [-0.05, 0) is 23.1 Å². The van der Waals surface area contributed by atoms with Crippen LogP contribution in [0.4, 0.5) is 17.6 Å². The summed E-state index contributed by atoms with van der Waals surface area (Å²) in [5.41, 5.74) is 0.490. The molecule has 0 N–H and O–H groups in total.